The molecule has 2 aromatic heterocycles. The van der Waals surface area contributed by atoms with Crippen LogP contribution in [0.25, 0.3) is 0 Å². The van der Waals surface area contributed by atoms with E-state index in [-0.39, 0.29) is 12.1 Å². The van der Waals surface area contributed by atoms with E-state index in [1.165, 1.54) is 10.6 Å². The van der Waals surface area contributed by atoms with Crippen LogP contribution in [0.1, 0.15) is 37.3 Å². The molecule has 126 valence electrons. The Hall–Kier alpha value is -1.71. The van der Waals surface area contributed by atoms with Crippen molar-refractivity contribution in [1.29, 1.82) is 0 Å². The van der Waals surface area contributed by atoms with E-state index < -0.39 is 10.2 Å². The van der Waals surface area contributed by atoms with Crippen molar-refractivity contribution < 1.29 is 12.8 Å². The Morgan fingerprint density at radius 2 is 2.30 bits per heavy atom. The van der Waals surface area contributed by atoms with E-state index in [2.05, 4.69) is 14.8 Å². The topological polar surface area (TPSA) is 93.3 Å². The molecule has 0 amide bonds. The van der Waals surface area contributed by atoms with Crippen molar-refractivity contribution in [3.05, 3.63) is 36.3 Å². The van der Waals surface area contributed by atoms with Gasteiger partial charge >= 0.3 is 0 Å². The molecule has 1 aliphatic rings. The largest absolute Gasteiger partial charge is 0.465 e. The lowest BCUT2D eigenvalue weighted by Crippen LogP contribution is -2.45. The zero-order chi connectivity index (χ0) is 16.4. The molecular weight excluding hydrogens is 318 g/mol. The lowest BCUT2D eigenvalue weighted by atomic mass is 10.2. The summed E-state index contributed by atoms with van der Waals surface area (Å²) >= 11 is 0. The summed E-state index contributed by atoms with van der Waals surface area (Å²) < 4.78 is 36.8. The molecular formula is C14H21N5O3S. The van der Waals surface area contributed by atoms with Crippen molar-refractivity contribution in [1.82, 2.24) is 23.8 Å². The molecule has 0 saturated carbocycles. The number of furan rings is 1. The molecule has 0 aromatic carbocycles. The molecule has 1 N–H and O–H groups in total. The molecule has 1 fully saturated rings. The molecule has 2 aromatic rings. The van der Waals surface area contributed by atoms with Crippen molar-refractivity contribution in [2.75, 3.05) is 6.54 Å². The lowest BCUT2D eigenvalue weighted by Gasteiger charge is -2.25. The van der Waals surface area contributed by atoms with Crippen LogP contribution in [-0.4, -0.2) is 40.1 Å². The maximum absolute atomic E-state index is 12.7. The van der Waals surface area contributed by atoms with Gasteiger partial charge in [-0.15, -0.1) is 0 Å². The first-order valence-corrected chi connectivity index (χ1v) is 9.07. The van der Waals surface area contributed by atoms with Gasteiger partial charge in [-0.05, 0) is 38.8 Å². The molecule has 9 heteroatoms. The summed E-state index contributed by atoms with van der Waals surface area (Å²) in [7, 11) is -3.59. The number of nitrogens with zero attached hydrogens (tertiary/aromatic N) is 4. The Morgan fingerprint density at radius 1 is 1.48 bits per heavy atom. The van der Waals surface area contributed by atoms with Crippen LogP contribution < -0.4 is 4.72 Å². The zero-order valence-corrected chi connectivity index (χ0v) is 14.0. The standard InChI is InChI=1S/C14H21N5O3S/c1-11(8-18-10-15-9-16-18)17-23(20,21)19-7-3-4-13(19)14-6-5-12(2)22-14/h5-6,9-11,13,17H,3-4,7-8H2,1-2H3/t11-,13-/m0/s1. The summed E-state index contributed by atoms with van der Waals surface area (Å²) in [4.78, 5) is 3.86. The highest BCUT2D eigenvalue weighted by Crippen LogP contribution is 2.34. The predicted molar refractivity (Wildman–Crippen MR) is 83.7 cm³/mol. The minimum absolute atomic E-state index is 0.236. The quantitative estimate of drug-likeness (QED) is 0.854. The van der Waals surface area contributed by atoms with E-state index in [0.29, 0.717) is 18.8 Å². The second-order valence-corrected chi connectivity index (χ2v) is 7.51. The normalized spacial score (nSPS) is 20.9. The number of aryl methyl sites for hydroxylation is 1. The van der Waals surface area contributed by atoms with E-state index in [1.54, 1.807) is 17.9 Å². The SMILES string of the molecule is Cc1ccc([C@@H]2CCCN2S(=O)(=O)N[C@@H](C)Cn2cncn2)o1. The van der Waals surface area contributed by atoms with Crippen molar-refractivity contribution in [2.45, 2.75) is 45.3 Å². The van der Waals surface area contributed by atoms with Gasteiger partial charge in [-0.1, -0.05) is 0 Å². The monoisotopic (exact) mass is 339 g/mol. The Bertz CT molecular complexity index is 740. The third-order valence-electron chi connectivity index (χ3n) is 3.88. The molecule has 23 heavy (non-hydrogen) atoms. The van der Waals surface area contributed by atoms with Gasteiger partial charge in [-0.2, -0.15) is 22.5 Å². The highest BCUT2D eigenvalue weighted by molar-refractivity contribution is 7.87. The van der Waals surface area contributed by atoms with Crippen molar-refractivity contribution in [3.63, 3.8) is 0 Å². The third kappa shape index (κ3) is 3.62. The first kappa shape index (κ1) is 16.2. The van der Waals surface area contributed by atoms with Gasteiger partial charge in [-0.25, -0.2) is 4.98 Å². The summed E-state index contributed by atoms with van der Waals surface area (Å²) in [5.41, 5.74) is 0. The first-order chi connectivity index (χ1) is 11.0. The van der Waals surface area contributed by atoms with Gasteiger partial charge in [-0.3, -0.25) is 4.68 Å². The first-order valence-electron chi connectivity index (χ1n) is 7.63. The Kier molecular flexibility index (Phi) is 4.51. The smallest absolute Gasteiger partial charge is 0.280 e. The van der Waals surface area contributed by atoms with Crippen molar-refractivity contribution in [3.8, 4) is 0 Å². The predicted octanol–water partition coefficient (Wildman–Crippen LogP) is 1.24. The third-order valence-corrected chi connectivity index (χ3v) is 5.63. The molecule has 2 atom stereocenters. The molecule has 1 saturated heterocycles. The molecule has 0 aliphatic carbocycles. The average molecular weight is 339 g/mol. The second kappa shape index (κ2) is 6.42. The molecule has 0 bridgehead atoms. The van der Waals surface area contributed by atoms with Gasteiger partial charge in [0, 0.05) is 12.6 Å². The molecule has 3 rings (SSSR count). The van der Waals surface area contributed by atoms with E-state index in [4.69, 9.17) is 4.42 Å². The minimum Gasteiger partial charge on any atom is -0.465 e. The Balaban J connectivity index is 1.70. The fourth-order valence-electron chi connectivity index (χ4n) is 2.91. The molecule has 1 aliphatic heterocycles. The van der Waals surface area contributed by atoms with E-state index in [9.17, 15) is 8.42 Å². The summed E-state index contributed by atoms with van der Waals surface area (Å²) in [6, 6.07) is 3.19. The summed E-state index contributed by atoms with van der Waals surface area (Å²) in [5, 5.41) is 3.99. The number of hydrogen-bond donors (Lipinski definition) is 1. The number of nitrogens with one attached hydrogen (secondary N) is 1. The molecule has 3 heterocycles. The van der Waals surface area contributed by atoms with Gasteiger partial charge < -0.3 is 4.42 Å². The van der Waals surface area contributed by atoms with Crippen LogP contribution in [0.5, 0.6) is 0 Å². The van der Waals surface area contributed by atoms with Crippen LogP contribution in [0.2, 0.25) is 0 Å². The number of hydrogen-bond acceptors (Lipinski definition) is 5. The van der Waals surface area contributed by atoms with Crippen molar-refractivity contribution in [2.24, 2.45) is 0 Å². The van der Waals surface area contributed by atoms with E-state index in [1.807, 2.05) is 19.1 Å². The Labute approximate surface area is 135 Å². The van der Waals surface area contributed by atoms with Crippen LogP contribution in [0.15, 0.2) is 29.2 Å². The van der Waals surface area contributed by atoms with Gasteiger partial charge in [0.25, 0.3) is 10.2 Å². The highest BCUT2D eigenvalue weighted by atomic mass is 32.2. The van der Waals surface area contributed by atoms with Crippen LogP contribution in [0.3, 0.4) is 0 Å². The molecule has 0 radical (unpaired) electrons. The van der Waals surface area contributed by atoms with Crippen LogP contribution in [-0.2, 0) is 16.8 Å². The van der Waals surface area contributed by atoms with Gasteiger partial charge in [0.2, 0.25) is 0 Å². The van der Waals surface area contributed by atoms with Crippen molar-refractivity contribution >= 4 is 10.2 Å². The maximum Gasteiger partial charge on any atom is 0.280 e. The second-order valence-electron chi connectivity index (χ2n) is 5.86. The van der Waals surface area contributed by atoms with Crippen LogP contribution >= 0.6 is 0 Å². The van der Waals surface area contributed by atoms with Gasteiger partial charge in [0.1, 0.15) is 24.2 Å². The zero-order valence-electron chi connectivity index (χ0n) is 13.2. The minimum atomic E-state index is -3.59. The number of aromatic nitrogens is 3. The maximum atomic E-state index is 12.7. The van der Waals surface area contributed by atoms with Crippen LogP contribution in [0, 0.1) is 6.92 Å². The summed E-state index contributed by atoms with van der Waals surface area (Å²) in [5.74, 6) is 1.49. The molecule has 8 nitrogen and oxygen atoms in total. The summed E-state index contributed by atoms with van der Waals surface area (Å²) in [6.07, 6.45) is 4.58. The average Bonchev–Trinajstić information content (AvgIpc) is 3.17. The highest BCUT2D eigenvalue weighted by Gasteiger charge is 2.37. The fourth-order valence-corrected chi connectivity index (χ4v) is 4.54. The van der Waals surface area contributed by atoms with Crippen LogP contribution in [0.4, 0.5) is 0 Å². The Morgan fingerprint density at radius 3 is 2.96 bits per heavy atom. The van der Waals surface area contributed by atoms with Gasteiger partial charge in [0.15, 0.2) is 0 Å². The lowest BCUT2D eigenvalue weighted by molar-refractivity contribution is 0.326. The molecule has 0 spiro atoms. The van der Waals surface area contributed by atoms with E-state index in [0.717, 1.165) is 18.6 Å². The number of rotatable bonds is 6. The summed E-state index contributed by atoms with van der Waals surface area (Å²) in [6.45, 7) is 4.59. The van der Waals surface area contributed by atoms with Gasteiger partial charge in [0.05, 0.1) is 12.6 Å². The fraction of sp³-hybridized carbons (Fsp3) is 0.571. The van der Waals surface area contributed by atoms with E-state index >= 15 is 0 Å². The molecule has 0 unspecified atom stereocenters.